The van der Waals surface area contributed by atoms with Gasteiger partial charge in [-0.25, -0.2) is 4.98 Å². The van der Waals surface area contributed by atoms with E-state index in [1.807, 2.05) is 0 Å². The Hall–Kier alpha value is -2.18. The van der Waals surface area contributed by atoms with Crippen LogP contribution in [0.25, 0.3) is 0 Å². The molecule has 0 bridgehead atoms. The summed E-state index contributed by atoms with van der Waals surface area (Å²) >= 11 is 0. The Balaban J connectivity index is 2.73. The molecule has 0 amide bonds. The number of pyridine rings is 1. The van der Waals surface area contributed by atoms with Crippen LogP contribution in [-0.2, 0) is 9.53 Å². The van der Waals surface area contributed by atoms with Gasteiger partial charge in [-0.2, -0.15) is 0 Å². The molecule has 0 aliphatic rings. The molecule has 16 heavy (non-hydrogen) atoms. The number of esters is 1. The lowest BCUT2D eigenvalue weighted by molar-refractivity contribution is -0.385. The van der Waals surface area contributed by atoms with Gasteiger partial charge in [0.25, 0.3) is 5.69 Å². The first-order chi connectivity index (χ1) is 7.54. The monoisotopic (exact) mass is 225 g/mol. The molecule has 0 atom stereocenters. The quantitative estimate of drug-likeness (QED) is 0.423. The maximum Gasteiger partial charge on any atom is 0.325 e. The molecule has 0 aliphatic heterocycles. The van der Waals surface area contributed by atoms with Gasteiger partial charge >= 0.3 is 5.97 Å². The summed E-state index contributed by atoms with van der Waals surface area (Å²) in [5.41, 5.74) is -0.0878. The van der Waals surface area contributed by atoms with Crippen LogP contribution in [0.4, 0.5) is 11.5 Å². The van der Waals surface area contributed by atoms with E-state index in [9.17, 15) is 14.9 Å². The second-order valence-corrected chi connectivity index (χ2v) is 3.06. The van der Waals surface area contributed by atoms with Gasteiger partial charge in [0, 0.05) is 13.1 Å². The molecule has 1 aromatic rings. The van der Waals surface area contributed by atoms with E-state index >= 15 is 0 Å². The Kier molecular flexibility index (Phi) is 3.76. The van der Waals surface area contributed by atoms with Crippen molar-refractivity contribution in [1.29, 1.82) is 0 Å². The topological polar surface area (TPSA) is 85.6 Å². The van der Waals surface area contributed by atoms with Crippen LogP contribution in [-0.4, -0.2) is 36.6 Å². The summed E-state index contributed by atoms with van der Waals surface area (Å²) in [4.78, 5) is 26.2. The lowest BCUT2D eigenvalue weighted by Gasteiger charge is -2.15. The molecule has 86 valence electrons. The molecule has 7 heteroatoms. The van der Waals surface area contributed by atoms with Crippen molar-refractivity contribution in [3.05, 3.63) is 28.4 Å². The van der Waals surface area contributed by atoms with Gasteiger partial charge in [0.15, 0.2) is 0 Å². The summed E-state index contributed by atoms with van der Waals surface area (Å²) in [6, 6.07) is 2.80. The first-order valence-corrected chi connectivity index (χ1v) is 4.43. The van der Waals surface area contributed by atoms with Crippen molar-refractivity contribution in [3.8, 4) is 0 Å². The van der Waals surface area contributed by atoms with Crippen LogP contribution in [0.2, 0.25) is 0 Å². The molecule has 0 radical (unpaired) electrons. The molecule has 0 aromatic carbocycles. The highest BCUT2D eigenvalue weighted by atomic mass is 16.6. The Morgan fingerprint density at radius 2 is 2.31 bits per heavy atom. The molecule has 7 nitrogen and oxygen atoms in total. The molecule has 0 fully saturated rings. The summed E-state index contributed by atoms with van der Waals surface area (Å²) in [5.74, 6) is 0.0682. The number of carbonyl (C=O) groups excluding carboxylic acids is 1. The third-order valence-electron chi connectivity index (χ3n) is 1.93. The second kappa shape index (κ2) is 5.06. The average Bonchev–Trinajstić information content (AvgIpc) is 2.28. The highest BCUT2D eigenvalue weighted by Gasteiger charge is 2.10. The second-order valence-electron chi connectivity index (χ2n) is 3.06. The molecule has 0 spiro atoms. The van der Waals surface area contributed by atoms with Crippen molar-refractivity contribution in [1.82, 2.24) is 4.98 Å². The Bertz CT molecular complexity index is 390. The van der Waals surface area contributed by atoms with Gasteiger partial charge in [0.2, 0.25) is 0 Å². The maximum atomic E-state index is 11.0. The molecule has 1 rings (SSSR count). The fourth-order valence-electron chi connectivity index (χ4n) is 1.05. The number of rotatable bonds is 4. The van der Waals surface area contributed by atoms with Crippen molar-refractivity contribution in [3.63, 3.8) is 0 Å². The first kappa shape index (κ1) is 11.9. The van der Waals surface area contributed by atoms with Crippen LogP contribution < -0.4 is 4.90 Å². The Morgan fingerprint density at radius 3 is 2.75 bits per heavy atom. The van der Waals surface area contributed by atoms with Crippen molar-refractivity contribution < 1.29 is 14.5 Å². The largest absolute Gasteiger partial charge is 0.468 e. The van der Waals surface area contributed by atoms with E-state index in [0.29, 0.717) is 5.82 Å². The van der Waals surface area contributed by atoms with Crippen LogP contribution in [0.1, 0.15) is 0 Å². The van der Waals surface area contributed by atoms with Crippen molar-refractivity contribution in [2.24, 2.45) is 0 Å². The van der Waals surface area contributed by atoms with Crippen molar-refractivity contribution in [2.75, 3.05) is 25.6 Å². The zero-order chi connectivity index (χ0) is 12.1. The predicted octanol–water partition coefficient (Wildman–Crippen LogP) is 0.599. The Morgan fingerprint density at radius 1 is 1.62 bits per heavy atom. The van der Waals surface area contributed by atoms with Crippen molar-refractivity contribution in [2.45, 2.75) is 0 Å². The molecule has 0 saturated carbocycles. The van der Waals surface area contributed by atoms with E-state index in [2.05, 4.69) is 9.72 Å². The van der Waals surface area contributed by atoms with Gasteiger partial charge in [-0.3, -0.25) is 14.9 Å². The van der Waals surface area contributed by atoms with E-state index in [0.717, 1.165) is 6.20 Å². The van der Waals surface area contributed by atoms with Crippen LogP contribution in [0.3, 0.4) is 0 Å². The molecule has 0 unspecified atom stereocenters. The highest BCUT2D eigenvalue weighted by molar-refractivity contribution is 5.75. The normalized spacial score (nSPS) is 9.62. The first-order valence-electron chi connectivity index (χ1n) is 4.43. The number of nitro groups is 1. The average molecular weight is 225 g/mol. The summed E-state index contributed by atoms with van der Waals surface area (Å²) in [6.45, 7) is 0.0430. The van der Waals surface area contributed by atoms with Gasteiger partial charge in [0.1, 0.15) is 18.6 Å². The van der Waals surface area contributed by atoms with E-state index in [-0.39, 0.29) is 12.2 Å². The van der Waals surface area contributed by atoms with E-state index < -0.39 is 10.9 Å². The number of likely N-dealkylation sites (N-methyl/N-ethyl adjacent to an activating group) is 1. The summed E-state index contributed by atoms with van der Waals surface area (Å²) in [5, 5.41) is 10.4. The van der Waals surface area contributed by atoms with Gasteiger partial charge in [-0.15, -0.1) is 0 Å². The SMILES string of the molecule is COC(=O)CN(C)c1ccc([N+](=O)[O-])cn1. The number of hydrogen-bond acceptors (Lipinski definition) is 6. The van der Waals surface area contributed by atoms with Crippen LogP contribution in [0.5, 0.6) is 0 Å². The zero-order valence-corrected chi connectivity index (χ0v) is 8.91. The third kappa shape index (κ3) is 2.91. The number of methoxy groups -OCH3 is 1. The lowest BCUT2D eigenvalue weighted by Crippen LogP contribution is -2.27. The van der Waals surface area contributed by atoms with Crippen LogP contribution >= 0.6 is 0 Å². The molecular weight excluding hydrogens is 214 g/mol. The summed E-state index contributed by atoms with van der Waals surface area (Å²) in [7, 11) is 2.94. The molecule has 1 heterocycles. The molecule has 1 aromatic heterocycles. The number of anilines is 1. The summed E-state index contributed by atoms with van der Waals surface area (Å²) < 4.78 is 4.49. The highest BCUT2D eigenvalue weighted by Crippen LogP contribution is 2.14. The summed E-state index contributed by atoms with van der Waals surface area (Å²) in [6.07, 6.45) is 1.14. The number of carbonyl (C=O) groups is 1. The standard InChI is InChI=1S/C9H11N3O4/c1-11(6-9(13)16-2)8-4-3-7(5-10-8)12(14)15/h3-5H,6H2,1-2H3. The third-order valence-corrected chi connectivity index (χ3v) is 1.93. The Labute approximate surface area is 91.8 Å². The fraction of sp³-hybridized carbons (Fsp3) is 0.333. The van der Waals surface area contributed by atoms with E-state index in [4.69, 9.17) is 0 Å². The smallest absolute Gasteiger partial charge is 0.325 e. The predicted molar refractivity (Wildman–Crippen MR) is 56.2 cm³/mol. The minimum absolute atomic E-state index is 0.0430. The van der Waals surface area contributed by atoms with Gasteiger partial charge in [0.05, 0.1) is 12.0 Å². The van der Waals surface area contributed by atoms with Gasteiger partial charge in [-0.1, -0.05) is 0 Å². The lowest BCUT2D eigenvalue weighted by atomic mass is 10.4. The number of ether oxygens (including phenoxy) is 1. The minimum atomic E-state index is -0.531. The number of aromatic nitrogens is 1. The molecule has 0 N–H and O–H groups in total. The molecular formula is C9H11N3O4. The van der Waals surface area contributed by atoms with Gasteiger partial charge in [-0.05, 0) is 6.07 Å². The molecule has 0 aliphatic carbocycles. The van der Waals surface area contributed by atoms with E-state index in [1.165, 1.54) is 24.1 Å². The van der Waals surface area contributed by atoms with Gasteiger partial charge < -0.3 is 9.64 Å². The van der Waals surface area contributed by atoms with Crippen LogP contribution in [0.15, 0.2) is 18.3 Å². The minimum Gasteiger partial charge on any atom is -0.468 e. The molecule has 0 saturated heterocycles. The van der Waals surface area contributed by atoms with Crippen LogP contribution in [0, 0.1) is 10.1 Å². The fourth-order valence-corrected chi connectivity index (χ4v) is 1.05. The zero-order valence-electron chi connectivity index (χ0n) is 8.91. The number of hydrogen-bond donors (Lipinski definition) is 0. The van der Waals surface area contributed by atoms with E-state index in [1.54, 1.807) is 7.05 Å². The maximum absolute atomic E-state index is 11.0. The van der Waals surface area contributed by atoms with Crippen molar-refractivity contribution >= 4 is 17.5 Å². The number of nitrogens with zero attached hydrogens (tertiary/aromatic N) is 3.